The summed E-state index contributed by atoms with van der Waals surface area (Å²) in [6, 6.07) is 0. The van der Waals surface area contributed by atoms with E-state index in [1.807, 2.05) is 0 Å². The van der Waals surface area contributed by atoms with Crippen molar-refractivity contribution in [3.63, 3.8) is 0 Å². The van der Waals surface area contributed by atoms with Crippen LogP contribution in [-0.4, -0.2) is 21.5 Å². The van der Waals surface area contributed by atoms with Crippen LogP contribution < -0.4 is 0 Å². The van der Waals surface area contributed by atoms with Crippen molar-refractivity contribution >= 4 is 5.97 Å². The third-order valence-corrected chi connectivity index (χ3v) is 1.74. The van der Waals surface area contributed by atoms with Gasteiger partial charge in [0.15, 0.2) is 0 Å². The van der Waals surface area contributed by atoms with E-state index in [4.69, 9.17) is 5.11 Å². The molecule has 0 saturated heterocycles. The molecule has 0 heterocycles. The number of carboxylic acid groups (broad SMARTS) is 1. The molecule has 0 unspecified atom stereocenters. The largest absolute Gasteiger partial charge is 0.478 e. The van der Waals surface area contributed by atoms with E-state index in [0.717, 1.165) is 0 Å². The summed E-state index contributed by atoms with van der Waals surface area (Å²) in [5.74, 6) is -1.04. The second kappa shape index (κ2) is 4.02. The highest BCUT2D eigenvalue weighted by Gasteiger charge is 2.29. The molecule has 0 fully saturated rings. The van der Waals surface area contributed by atoms with Gasteiger partial charge in [-0.3, -0.25) is 10.1 Å². The van der Waals surface area contributed by atoms with Gasteiger partial charge in [0, 0.05) is 30.8 Å². The van der Waals surface area contributed by atoms with Crippen LogP contribution in [0.4, 0.5) is 0 Å². The van der Waals surface area contributed by atoms with E-state index in [-0.39, 0.29) is 12.0 Å². The average Bonchev–Trinajstić information content (AvgIpc) is 1.99. The van der Waals surface area contributed by atoms with Gasteiger partial charge in [0.25, 0.3) is 0 Å². The first-order valence-corrected chi connectivity index (χ1v) is 3.82. The molecule has 1 N–H and O–H groups in total. The van der Waals surface area contributed by atoms with Gasteiger partial charge in [-0.1, -0.05) is 6.08 Å². The number of hydrogen-bond donors (Lipinski definition) is 1. The molecule has 0 rings (SSSR count). The van der Waals surface area contributed by atoms with Gasteiger partial charge in [-0.2, -0.15) is 0 Å². The Morgan fingerprint density at radius 3 is 2.38 bits per heavy atom. The lowest BCUT2D eigenvalue weighted by Gasteiger charge is -2.12. The lowest BCUT2D eigenvalue weighted by Crippen LogP contribution is -2.30. The zero-order valence-electron chi connectivity index (χ0n) is 7.90. The van der Waals surface area contributed by atoms with Gasteiger partial charge in [0.1, 0.15) is 0 Å². The molecule has 5 heteroatoms. The highest BCUT2D eigenvalue weighted by atomic mass is 16.6. The summed E-state index contributed by atoms with van der Waals surface area (Å²) < 4.78 is 0. The van der Waals surface area contributed by atoms with Crippen molar-refractivity contribution in [2.75, 3.05) is 0 Å². The molecule has 0 aliphatic heterocycles. The summed E-state index contributed by atoms with van der Waals surface area (Å²) in [6.45, 7) is 4.33. The molecule has 0 amide bonds. The Balaban J connectivity index is 4.39. The quantitative estimate of drug-likeness (QED) is 0.410. The van der Waals surface area contributed by atoms with Crippen LogP contribution in [0, 0.1) is 10.1 Å². The third kappa shape index (κ3) is 3.68. The Labute approximate surface area is 76.2 Å². The van der Waals surface area contributed by atoms with Gasteiger partial charge in [0.05, 0.1) is 0 Å². The topological polar surface area (TPSA) is 80.4 Å². The molecule has 0 radical (unpaired) electrons. The number of nitrogens with zero attached hydrogens (tertiary/aromatic N) is 1. The molecule has 0 spiro atoms. The van der Waals surface area contributed by atoms with Crippen LogP contribution in [-0.2, 0) is 4.79 Å². The van der Waals surface area contributed by atoms with Crippen LogP contribution in [0.2, 0.25) is 0 Å². The van der Waals surface area contributed by atoms with E-state index in [9.17, 15) is 14.9 Å². The Hall–Kier alpha value is -1.39. The minimum Gasteiger partial charge on any atom is -0.478 e. The van der Waals surface area contributed by atoms with E-state index in [1.165, 1.54) is 26.8 Å². The molecule has 0 aliphatic carbocycles. The van der Waals surface area contributed by atoms with Crippen molar-refractivity contribution in [2.24, 2.45) is 0 Å². The number of carbonyl (C=O) groups is 1. The molecule has 5 nitrogen and oxygen atoms in total. The lowest BCUT2D eigenvalue weighted by atomic mass is 10.0. The average molecular weight is 187 g/mol. The fourth-order valence-corrected chi connectivity index (χ4v) is 0.565. The first-order valence-electron chi connectivity index (χ1n) is 3.82. The highest BCUT2D eigenvalue weighted by molar-refractivity contribution is 5.85. The van der Waals surface area contributed by atoms with Crippen LogP contribution >= 0.6 is 0 Å². The van der Waals surface area contributed by atoms with Crippen molar-refractivity contribution in [1.82, 2.24) is 0 Å². The van der Waals surface area contributed by atoms with Gasteiger partial charge in [-0.05, 0) is 6.92 Å². The van der Waals surface area contributed by atoms with Crippen molar-refractivity contribution in [1.29, 1.82) is 0 Å². The van der Waals surface area contributed by atoms with Crippen LogP contribution in [0.5, 0.6) is 0 Å². The first kappa shape index (κ1) is 11.6. The number of hydrogen-bond acceptors (Lipinski definition) is 3. The van der Waals surface area contributed by atoms with Gasteiger partial charge in [-0.15, -0.1) is 0 Å². The van der Waals surface area contributed by atoms with Gasteiger partial charge in [0.2, 0.25) is 5.54 Å². The minimum absolute atomic E-state index is 0.123. The van der Waals surface area contributed by atoms with Crippen molar-refractivity contribution in [3.05, 3.63) is 21.8 Å². The van der Waals surface area contributed by atoms with Crippen LogP contribution in [0.15, 0.2) is 11.6 Å². The molecule has 74 valence electrons. The maximum atomic E-state index is 10.4. The molecule has 0 aromatic carbocycles. The van der Waals surface area contributed by atoms with Crippen molar-refractivity contribution < 1.29 is 14.8 Å². The van der Waals surface area contributed by atoms with Crippen LogP contribution in [0.3, 0.4) is 0 Å². The van der Waals surface area contributed by atoms with Gasteiger partial charge < -0.3 is 5.11 Å². The van der Waals surface area contributed by atoms with E-state index in [0.29, 0.717) is 0 Å². The number of aliphatic carboxylic acids is 1. The summed E-state index contributed by atoms with van der Waals surface area (Å²) in [5.41, 5.74) is -0.966. The molecule has 0 atom stereocenters. The van der Waals surface area contributed by atoms with Gasteiger partial charge in [-0.25, -0.2) is 4.79 Å². The normalized spacial score (nSPS) is 12.7. The summed E-state index contributed by atoms with van der Waals surface area (Å²) in [6.07, 6.45) is 1.49. The minimum atomic E-state index is -1.10. The second-order valence-electron chi connectivity index (χ2n) is 3.47. The van der Waals surface area contributed by atoms with E-state index in [1.54, 1.807) is 0 Å². The molecule has 0 aromatic heterocycles. The lowest BCUT2D eigenvalue weighted by molar-refractivity contribution is -0.559. The predicted molar refractivity (Wildman–Crippen MR) is 47.1 cm³/mol. The van der Waals surface area contributed by atoms with E-state index in [2.05, 4.69) is 0 Å². The number of rotatable bonds is 4. The van der Waals surface area contributed by atoms with E-state index < -0.39 is 16.4 Å². The van der Waals surface area contributed by atoms with Crippen molar-refractivity contribution in [2.45, 2.75) is 32.7 Å². The zero-order chi connectivity index (χ0) is 10.6. The van der Waals surface area contributed by atoms with Crippen LogP contribution in [0.25, 0.3) is 0 Å². The number of nitro groups is 1. The fraction of sp³-hybridized carbons (Fsp3) is 0.625. The predicted octanol–water partition coefficient (Wildman–Crippen LogP) is 1.46. The zero-order valence-corrected chi connectivity index (χ0v) is 7.90. The SMILES string of the molecule is C/C(=C\CC(C)(C)[N+](=O)[O-])C(=O)O. The van der Waals surface area contributed by atoms with Crippen molar-refractivity contribution in [3.8, 4) is 0 Å². The smallest absolute Gasteiger partial charge is 0.330 e. The first-order chi connectivity index (χ1) is 5.77. The monoisotopic (exact) mass is 187 g/mol. The molecule has 0 aromatic rings. The Morgan fingerprint density at radius 2 is 2.08 bits per heavy atom. The molecular formula is C8H13NO4. The maximum absolute atomic E-state index is 10.4. The van der Waals surface area contributed by atoms with Crippen LogP contribution in [0.1, 0.15) is 27.2 Å². The molecule has 13 heavy (non-hydrogen) atoms. The molecule has 0 saturated carbocycles. The summed E-state index contributed by atoms with van der Waals surface area (Å²) in [4.78, 5) is 20.4. The highest BCUT2D eigenvalue weighted by Crippen LogP contribution is 2.14. The third-order valence-electron chi connectivity index (χ3n) is 1.74. The summed E-state index contributed by atoms with van der Waals surface area (Å²) in [7, 11) is 0. The Morgan fingerprint density at radius 1 is 1.62 bits per heavy atom. The van der Waals surface area contributed by atoms with E-state index >= 15 is 0 Å². The molecule has 0 aliphatic rings. The summed E-state index contributed by atoms with van der Waals surface area (Å²) >= 11 is 0. The molecular weight excluding hydrogens is 174 g/mol. The number of carboxylic acids is 1. The summed E-state index contributed by atoms with van der Waals surface area (Å²) in [5, 5.41) is 18.9. The molecule has 0 bridgehead atoms. The Kier molecular flexibility index (Phi) is 3.59. The standard InChI is InChI=1S/C8H13NO4/c1-6(7(10)11)4-5-8(2,3)9(12)13/h4H,5H2,1-3H3,(H,10,11)/b6-4+. The van der Waals surface area contributed by atoms with Gasteiger partial charge >= 0.3 is 5.97 Å². The Bertz CT molecular complexity index is 255. The fourth-order valence-electron chi connectivity index (χ4n) is 0.565. The maximum Gasteiger partial charge on any atom is 0.330 e. The second-order valence-corrected chi connectivity index (χ2v) is 3.47.